The fraction of sp³-hybridized carbons (Fsp3) is 0.118. The Morgan fingerprint density at radius 2 is 1.65 bits per heavy atom. The molecule has 0 aliphatic heterocycles. The van der Waals surface area contributed by atoms with Gasteiger partial charge in [-0.05, 0) is 30.3 Å². The number of nitrogens with zero attached hydrogens (tertiary/aromatic N) is 2. The SMILES string of the molecule is CC(=O)Nc1ccc(NC(=O)Cn2ncc3ccccc32)cc1. The van der Waals surface area contributed by atoms with Gasteiger partial charge in [-0.2, -0.15) is 5.10 Å². The number of amides is 2. The summed E-state index contributed by atoms with van der Waals surface area (Å²) in [5.41, 5.74) is 2.28. The van der Waals surface area contributed by atoms with E-state index in [9.17, 15) is 9.59 Å². The van der Waals surface area contributed by atoms with Gasteiger partial charge in [0.1, 0.15) is 6.54 Å². The fourth-order valence-corrected chi connectivity index (χ4v) is 2.33. The van der Waals surface area contributed by atoms with Crippen LogP contribution in [0.2, 0.25) is 0 Å². The molecule has 0 spiro atoms. The molecule has 0 aliphatic rings. The maximum atomic E-state index is 12.1. The predicted octanol–water partition coefficient (Wildman–Crippen LogP) is 2.63. The molecular weight excluding hydrogens is 292 g/mol. The van der Waals surface area contributed by atoms with Crippen molar-refractivity contribution < 1.29 is 9.59 Å². The lowest BCUT2D eigenvalue weighted by molar-refractivity contribution is -0.117. The molecule has 2 amide bonds. The highest BCUT2D eigenvalue weighted by atomic mass is 16.2. The van der Waals surface area contributed by atoms with Gasteiger partial charge in [0.05, 0.1) is 11.7 Å². The first kappa shape index (κ1) is 14.8. The van der Waals surface area contributed by atoms with Crippen LogP contribution in [0, 0.1) is 0 Å². The van der Waals surface area contributed by atoms with Crippen LogP contribution < -0.4 is 10.6 Å². The fourth-order valence-electron chi connectivity index (χ4n) is 2.33. The molecule has 6 nitrogen and oxygen atoms in total. The molecule has 0 bridgehead atoms. The number of carbonyl (C=O) groups excluding carboxylic acids is 2. The summed E-state index contributed by atoms with van der Waals surface area (Å²) in [6.07, 6.45) is 1.74. The normalized spacial score (nSPS) is 10.5. The van der Waals surface area contributed by atoms with Crippen LogP contribution in [0.1, 0.15) is 6.92 Å². The van der Waals surface area contributed by atoms with Gasteiger partial charge in [-0.3, -0.25) is 14.3 Å². The van der Waals surface area contributed by atoms with Gasteiger partial charge >= 0.3 is 0 Å². The number of para-hydroxylation sites is 1. The molecule has 0 aliphatic carbocycles. The number of hydrogen-bond donors (Lipinski definition) is 2. The molecule has 3 aromatic rings. The Labute approximate surface area is 133 Å². The summed E-state index contributed by atoms with van der Waals surface area (Å²) in [6, 6.07) is 14.7. The van der Waals surface area contributed by atoms with Crippen molar-refractivity contribution in [2.75, 3.05) is 10.6 Å². The first-order valence-electron chi connectivity index (χ1n) is 7.20. The molecule has 0 radical (unpaired) electrons. The van der Waals surface area contributed by atoms with Crippen molar-refractivity contribution in [1.29, 1.82) is 0 Å². The van der Waals surface area contributed by atoms with Crippen LogP contribution >= 0.6 is 0 Å². The number of rotatable bonds is 4. The third-order valence-corrected chi connectivity index (χ3v) is 3.33. The Kier molecular flexibility index (Phi) is 4.05. The molecule has 0 saturated carbocycles. The molecule has 0 fully saturated rings. The predicted molar refractivity (Wildman–Crippen MR) is 89.1 cm³/mol. The second-order valence-electron chi connectivity index (χ2n) is 5.17. The maximum absolute atomic E-state index is 12.1. The van der Waals surface area contributed by atoms with Gasteiger partial charge in [0.2, 0.25) is 11.8 Å². The van der Waals surface area contributed by atoms with Crippen LogP contribution in [0.5, 0.6) is 0 Å². The zero-order valence-corrected chi connectivity index (χ0v) is 12.6. The molecule has 0 atom stereocenters. The first-order chi connectivity index (χ1) is 11.1. The van der Waals surface area contributed by atoms with E-state index in [1.807, 2.05) is 24.3 Å². The molecule has 6 heteroatoms. The molecule has 116 valence electrons. The van der Waals surface area contributed by atoms with E-state index in [0.717, 1.165) is 10.9 Å². The van der Waals surface area contributed by atoms with E-state index in [2.05, 4.69) is 15.7 Å². The number of fused-ring (bicyclic) bond motifs is 1. The largest absolute Gasteiger partial charge is 0.326 e. The maximum Gasteiger partial charge on any atom is 0.246 e. The highest BCUT2D eigenvalue weighted by Crippen LogP contribution is 2.15. The van der Waals surface area contributed by atoms with E-state index in [4.69, 9.17) is 0 Å². The number of hydrogen-bond acceptors (Lipinski definition) is 3. The number of benzene rings is 2. The minimum atomic E-state index is -0.161. The van der Waals surface area contributed by atoms with Crippen LogP contribution in [-0.4, -0.2) is 21.6 Å². The molecular formula is C17H16N4O2. The van der Waals surface area contributed by atoms with Gasteiger partial charge in [-0.1, -0.05) is 18.2 Å². The van der Waals surface area contributed by atoms with E-state index in [1.165, 1.54) is 6.92 Å². The van der Waals surface area contributed by atoms with Crippen molar-refractivity contribution in [3.8, 4) is 0 Å². The first-order valence-corrected chi connectivity index (χ1v) is 7.20. The third-order valence-electron chi connectivity index (χ3n) is 3.33. The summed E-state index contributed by atoms with van der Waals surface area (Å²) in [4.78, 5) is 23.1. The molecule has 1 aromatic heterocycles. The minimum absolute atomic E-state index is 0.132. The average Bonchev–Trinajstić information content (AvgIpc) is 2.92. The summed E-state index contributed by atoms with van der Waals surface area (Å²) in [5.74, 6) is -0.293. The number of nitrogens with one attached hydrogen (secondary N) is 2. The minimum Gasteiger partial charge on any atom is -0.326 e. The smallest absolute Gasteiger partial charge is 0.246 e. The quantitative estimate of drug-likeness (QED) is 0.778. The van der Waals surface area contributed by atoms with Gasteiger partial charge < -0.3 is 10.6 Å². The summed E-state index contributed by atoms with van der Waals surface area (Å²) in [5, 5.41) is 10.7. The van der Waals surface area contributed by atoms with Crippen molar-refractivity contribution in [2.24, 2.45) is 0 Å². The zero-order valence-electron chi connectivity index (χ0n) is 12.6. The van der Waals surface area contributed by atoms with Crippen LogP contribution in [-0.2, 0) is 16.1 Å². The van der Waals surface area contributed by atoms with E-state index in [0.29, 0.717) is 11.4 Å². The molecule has 23 heavy (non-hydrogen) atoms. The number of carbonyl (C=O) groups is 2. The Morgan fingerprint density at radius 3 is 2.35 bits per heavy atom. The van der Waals surface area contributed by atoms with Crippen LogP contribution in [0.4, 0.5) is 11.4 Å². The van der Waals surface area contributed by atoms with Crippen molar-refractivity contribution >= 4 is 34.1 Å². The van der Waals surface area contributed by atoms with E-state index >= 15 is 0 Å². The summed E-state index contributed by atoms with van der Waals surface area (Å²) in [6.45, 7) is 1.59. The molecule has 2 aromatic carbocycles. The monoisotopic (exact) mass is 308 g/mol. The topological polar surface area (TPSA) is 76.0 Å². The Bertz CT molecular complexity index is 852. The van der Waals surface area contributed by atoms with E-state index in [-0.39, 0.29) is 18.4 Å². The van der Waals surface area contributed by atoms with Gasteiger partial charge in [-0.15, -0.1) is 0 Å². The summed E-state index contributed by atoms with van der Waals surface area (Å²) in [7, 11) is 0. The number of anilines is 2. The summed E-state index contributed by atoms with van der Waals surface area (Å²) < 4.78 is 1.66. The van der Waals surface area contributed by atoms with Crippen LogP contribution in [0.15, 0.2) is 54.7 Å². The zero-order chi connectivity index (χ0) is 16.2. The highest BCUT2D eigenvalue weighted by Gasteiger charge is 2.07. The Balaban J connectivity index is 1.66. The lowest BCUT2D eigenvalue weighted by Crippen LogP contribution is -2.19. The lowest BCUT2D eigenvalue weighted by Gasteiger charge is -2.08. The Morgan fingerprint density at radius 1 is 1.00 bits per heavy atom. The van der Waals surface area contributed by atoms with Gasteiger partial charge in [-0.25, -0.2) is 0 Å². The van der Waals surface area contributed by atoms with Crippen molar-refractivity contribution in [1.82, 2.24) is 9.78 Å². The van der Waals surface area contributed by atoms with Crippen LogP contribution in [0.3, 0.4) is 0 Å². The molecule has 0 unspecified atom stereocenters. The van der Waals surface area contributed by atoms with E-state index in [1.54, 1.807) is 35.1 Å². The number of aromatic nitrogens is 2. The van der Waals surface area contributed by atoms with Crippen LogP contribution in [0.25, 0.3) is 10.9 Å². The second kappa shape index (κ2) is 6.31. The van der Waals surface area contributed by atoms with Crippen molar-refractivity contribution in [2.45, 2.75) is 13.5 Å². The molecule has 2 N–H and O–H groups in total. The molecule has 1 heterocycles. The Hall–Kier alpha value is -3.15. The van der Waals surface area contributed by atoms with Crippen molar-refractivity contribution in [3.05, 3.63) is 54.7 Å². The van der Waals surface area contributed by atoms with Crippen molar-refractivity contribution in [3.63, 3.8) is 0 Å². The van der Waals surface area contributed by atoms with Gasteiger partial charge in [0.25, 0.3) is 0 Å². The average molecular weight is 308 g/mol. The van der Waals surface area contributed by atoms with Gasteiger partial charge in [0.15, 0.2) is 0 Å². The van der Waals surface area contributed by atoms with Gasteiger partial charge in [0, 0.05) is 23.7 Å². The standard InChI is InChI=1S/C17H16N4O2/c1-12(22)19-14-6-8-15(9-7-14)20-17(23)11-21-16-5-3-2-4-13(16)10-18-21/h2-10H,11H2,1H3,(H,19,22)(H,20,23). The molecule has 0 saturated heterocycles. The lowest BCUT2D eigenvalue weighted by atomic mass is 10.2. The highest BCUT2D eigenvalue weighted by molar-refractivity contribution is 5.92. The molecule has 3 rings (SSSR count). The summed E-state index contributed by atoms with van der Waals surface area (Å²) >= 11 is 0. The second-order valence-corrected chi connectivity index (χ2v) is 5.17. The third kappa shape index (κ3) is 3.55. The van der Waals surface area contributed by atoms with E-state index < -0.39 is 0 Å².